The molecule has 0 aliphatic rings. The van der Waals surface area contributed by atoms with E-state index in [0.29, 0.717) is 13.0 Å². The number of nitrogens with one attached hydrogen (secondary N) is 1. The molecule has 0 fully saturated rings. The van der Waals surface area contributed by atoms with E-state index in [9.17, 15) is 4.79 Å². The molecule has 0 bridgehead atoms. The van der Waals surface area contributed by atoms with Crippen LogP contribution in [-0.4, -0.2) is 17.3 Å². The van der Waals surface area contributed by atoms with Gasteiger partial charge in [0.25, 0.3) is 0 Å². The summed E-state index contributed by atoms with van der Waals surface area (Å²) in [5.74, 6) is 0.923. The van der Waals surface area contributed by atoms with Crippen LogP contribution in [0.15, 0.2) is 53.1 Å². The Balaban J connectivity index is 1.84. The molecule has 1 aromatic carbocycles. The van der Waals surface area contributed by atoms with Gasteiger partial charge >= 0.3 is 0 Å². The highest BCUT2D eigenvalue weighted by molar-refractivity contribution is 9.10. The summed E-state index contributed by atoms with van der Waals surface area (Å²) >= 11 is 3.35. The third-order valence-corrected chi connectivity index (χ3v) is 3.02. The Morgan fingerprint density at radius 2 is 1.94 bits per heavy atom. The third kappa shape index (κ3) is 3.67. The fourth-order valence-electron chi connectivity index (χ4n) is 1.55. The topological polar surface area (TPSA) is 42.0 Å². The quantitative estimate of drug-likeness (QED) is 0.859. The Labute approximate surface area is 114 Å². The molecule has 0 radical (unpaired) electrons. The number of benzene rings is 1. The lowest BCUT2D eigenvalue weighted by atomic mass is 10.1. The summed E-state index contributed by atoms with van der Waals surface area (Å²) in [4.78, 5) is 16.0. The molecule has 1 heterocycles. The molecule has 3 nitrogen and oxygen atoms in total. The number of carbonyl (C=O) groups is 1. The van der Waals surface area contributed by atoms with Crippen molar-refractivity contribution in [1.82, 2.24) is 4.98 Å². The summed E-state index contributed by atoms with van der Waals surface area (Å²) < 4.78 is 0.977. The first-order valence-corrected chi connectivity index (χ1v) is 6.49. The van der Waals surface area contributed by atoms with Gasteiger partial charge in [0.05, 0.1) is 0 Å². The van der Waals surface area contributed by atoms with E-state index in [-0.39, 0.29) is 5.78 Å². The smallest absolute Gasteiger partial charge is 0.164 e. The number of carbonyl (C=O) groups excluding carboxylic acids is 1. The van der Waals surface area contributed by atoms with Gasteiger partial charge in [-0.25, -0.2) is 4.98 Å². The summed E-state index contributed by atoms with van der Waals surface area (Å²) in [6, 6.07) is 13.0. The van der Waals surface area contributed by atoms with Gasteiger partial charge in [-0.1, -0.05) is 34.1 Å². The molecular weight excluding hydrogens is 292 g/mol. The average Bonchev–Trinajstić information content (AvgIpc) is 2.40. The number of rotatable bonds is 5. The van der Waals surface area contributed by atoms with Crippen LogP contribution in [0.4, 0.5) is 5.82 Å². The Morgan fingerprint density at radius 1 is 1.17 bits per heavy atom. The normalized spacial score (nSPS) is 10.1. The minimum Gasteiger partial charge on any atom is -0.370 e. The van der Waals surface area contributed by atoms with Crippen LogP contribution in [0, 0.1) is 0 Å². The fraction of sp³-hybridized carbons (Fsp3) is 0.143. The van der Waals surface area contributed by atoms with Crippen LogP contribution in [0.2, 0.25) is 0 Å². The largest absolute Gasteiger partial charge is 0.370 e. The summed E-state index contributed by atoms with van der Waals surface area (Å²) in [5, 5.41) is 3.12. The van der Waals surface area contributed by atoms with E-state index in [4.69, 9.17) is 0 Å². The molecular formula is C14H13BrN2O. The van der Waals surface area contributed by atoms with Gasteiger partial charge in [0, 0.05) is 29.2 Å². The molecule has 0 unspecified atom stereocenters. The number of Topliss-reactive ketones (excluding diaryl/α,β-unsaturated/α-hetero) is 1. The maximum atomic E-state index is 11.9. The number of anilines is 1. The van der Waals surface area contributed by atoms with E-state index >= 15 is 0 Å². The number of pyridine rings is 1. The monoisotopic (exact) mass is 304 g/mol. The molecule has 0 aliphatic heterocycles. The fourth-order valence-corrected chi connectivity index (χ4v) is 1.82. The van der Waals surface area contributed by atoms with E-state index in [2.05, 4.69) is 26.2 Å². The molecule has 4 heteroatoms. The zero-order chi connectivity index (χ0) is 12.8. The van der Waals surface area contributed by atoms with Crippen LogP contribution >= 0.6 is 15.9 Å². The molecule has 0 aliphatic carbocycles. The Bertz CT molecular complexity index is 511. The van der Waals surface area contributed by atoms with Gasteiger partial charge in [-0.2, -0.15) is 0 Å². The minimum atomic E-state index is 0.130. The molecule has 18 heavy (non-hydrogen) atoms. The lowest BCUT2D eigenvalue weighted by molar-refractivity contribution is 0.0986. The van der Waals surface area contributed by atoms with E-state index in [1.165, 1.54) is 0 Å². The Hall–Kier alpha value is -1.68. The maximum Gasteiger partial charge on any atom is 0.164 e. The molecule has 0 saturated carbocycles. The van der Waals surface area contributed by atoms with Gasteiger partial charge in [0.15, 0.2) is 5.78 Å². The van der Waals surface area contributed by atoms with Crippen molar-refractivity contribution < 1.29 is 4.79 Å². The summed E-state index contributed by atoms with van der Waals surface area (Å²) in [5.41, 5.74) is 0.737. The standard InChI is InChI=1S/C14H13BrN2O/c15-12-6-4-11(5-7-12)13(18)8-10-17-14-3-1-2-9-16-14/h1-7,9H,8,10H2,(H,16,17). The van der Waals surface area contributed by atoms with Crippen molar-refractivity contribution in [2.75, 3.05) is 11.9 Å². The number of hydrogen-bond acceptors (Lipinski definition) is 3. The van der Waals surface area contributed by atoms with E-state index in [1.54, 1.807) is 6.20 Å². The van der Waals surface area contributed by atoms with Crippen LogP contribution < -0.4 is 5.32 Å². The van der Waals surface area contributed by atoms with Crippen molar-refractivity contribution >= 4 is 27.5 Å². The lowest BCUT2D eigenvalue weighted by Gasteiger charge is -2.04. The number of hydrogen-bond donors (Lipinski definition) is 1. The molecule has 0 amide bonds. The zero-order valence-electron chi connectivity index (χ0n) is 9.77. The summed E-state index contributed by atoms with van der Waals surface area (Å²) in [7, 11) is 0. The summed E-state index contributed by atoms with van der Waals surface area (Å²) in [6.45, 7) is 0.589. The van der Waals surface area contributed by atoms with Crippen LogP contribution in [0.5, 0.6) is 0 Å². The van der Waals surface area contributed by atoms with Crippen LogP contribution in [0.3, 0.4) is 0 Å². The molecule has 0 spiro atoms. The molecule has 0 atom stereocenters. The number of aromatic nitrogens is 1. The van der Waals surface area contributed by atoms with Gasteiger partial charge in [0.1, 0.15) is 5.82 Å². The molecule has 92 valence electrons. The second-order valence-corrected chi connectivity index (χ2v) is 4.74. The number of ketones is 1. The SMILES string of the molecule is O=C(CCNc1ccccn1)c1ccc(Br)cc1. The van der Waals surface area contributed by atoms with Crippen molar-refractivity contribution in [3.8, 4) is 0 Å². The van der Waals surface area contributed by atoms with Gasteiger partial charge in [-0.15, -0.1) is 0 Å². The lowest BCUT2D eigenvalue weighted by Crippen LogP contribution is -2.09. The molecule has 1 aromatic heterocycles. The number of nitrogens with zero attached hydrogens (tertiary/aromatic N) is 1. The molecule has 2 aromatic rings. The first kappa shape index (κ1) is 12.8. The second-order valence-electron chi connectivity index (χ2n) is 3.82. The van der Waals surface area contributed by atoms with Crippen molar-refractivity contribution in [3.63, 3.8) is 0 Å². The van der Waals surface area contributed by atoms with Crippen molar-refractivity contribution in [2.24, 2.45) is 0 Å². The van der Waals surface area contributed by atoms with Gasteiger partial charge in [-0.3, -0.25) is 4.79 Å². The second kappa shape index (κ2) is 6.31. The van der Waals surface area contributed by atoms with E-state index in [1.807, 2.05) is 42.5 Å². The average molecular weight is 305 g/mol. The van der Waals surface area contributed by atoms with E-state index < -0.39 is 0 Å². The minimum absolute atomic E-state index is 0.130. The Morgan fingerprint density at radius 3 is 2.61 bits per heavy atom. The first-order valence-electron chi connectivity index (χ1n) is 5.69. The van der Waals surface area contributed by atoms with Gasteiger partial charge in [-0.05, 0) is 24.3 Å². The van der Waals surface area contributed by atoms with Gasteiger partial charge < -0.3 is 5.32 Å². The van der Waals surface area contributed by atoms with Crippen LogP contribution in [-0.2, 0) is 0 Å². The Kier molecular flexibility index (Phi) is 4.47. The van der Waals surface area contributed by atoms with Crippen LogP contribution in [0.25, 0.3) is 0 Å². The summed E-state index contributed by atoms with van der Waals surface area (Å²) in [6.07, 6.45) is 2.18. The van der Waals surface area contributed by atoms with Crippen LogP contribution in [0.1, 0.15) is 16.8 Å². The molecule has 0 saturated heterocycles. The highest BCUT2D eigenvalue weighted by Crippen LogP contribution is 2.12. The van der Waals surface area contributed by atoms with Crippen molar-refractivity contribution in [2.45, 2.75) is 6.42 Å². The highest BCUT2D eigenvalue weighted by Gasteiger charge is 2.05. The number of halogens is 1. The molecule has 2 rings (SSSR count). The van der Waals surface area contributed by atoms with Crippen molar-refractivity contribution in [1.29, 1.82) is 0 Å². The highest BCUT2D eigenvalue weighted by atomic mass is 79.9. The van der Waals surface area contributed by atoms with E-state index in [0.717, 1.165) is 15.9 Å². The zero-order valence-corrected chi connectivity index (χ0v) is 11.4. The first-order chi connectivity index (χ1) is 8.75. The third-order valence-electron chi connectivity index (χ3n) is 2.49. The predicted molar refractivity (Wildman–Crippen MR) is 75.8 cm³/mol. The van der Waals surface area contributed by atoms with Crippen molar-refractivity contribution in [3.05, 3.63) is 58.7 Å². The maximum absolute atomic E-state index is 11.9. The molecule has 1 N–H and O–H groups in total. The predicted octanol–water partition coefficient (Wildman–Crippen LogP) is 3.53. The van der Waals surface area contributed by atoms with Gasteiger partial charge in [0.2, 0.25) is 0 Å².